The minimum atomic E-state index is -3.15. The Balaban J connectivity index is 3.10. The third-order valence-electron chi connectivity index (χ3n) is 1.70. The Morgan fingerprint density at radius 1 is 1.54 bits per heavy atom. The van der Waals surface area contributed by atoms with Crippen LogP contribution >= 0.6 is 0 Å². The van der Waals surface area contributed by atoms with Crippen molar-refractivity contribution < 1.29 is 8.42 Å². The van der Waals surface area contributed by atoms with Crippen LogP contribution in [0.3, 0.4) is 0 Å². The van der Waals surface area contributed by atoms with E-state index in [4.69, 9.17) is 5.73 Å². The Labute approximate surface area is 76.9 Å². The summed E-state index contributed by atoms with van der Waals surface area (Å²) in [5.74, 6) is 0.517. The number of hydrogen-bond acceptors (Lipinski definition) is 5. The molecule has 1 rings (SSSR count). The third-order valence-corrected chi connectivity index (χ3v) is 3.20. The van der Waals surface area contributed by atoms with Gasteiger partial charge in [-0.3, -0.25) is 0 Å². The largest absolute Gasteiger partial charge is 0.384 e. The van der Waals surface area contributed by atoms with Crippen molar-refractivity contribution in [3.8, 4) is 0 Å². The first kappa shape index (κ1) is 9.91. The summed E-state index contributed by atoms with van der Waals surface area (Å²) in [6.07, 6.45) is 2.59. The molecule has 1 aromatic rings. The van der Waals surface area contributed by atoms with Gasteiger partial charge in [-0.05, 0) is 13.0 Å². The van der Waals surface area contributed by atoms with Gasteiger partial charge in [0.2, 0.25) is 0 Å². The molecule has 0 amide bonds. The molecule has 13 heavy (non-hydrogen) atoms. The minimum absolute atomic E-state index is 0.238. The molecule has 72 valence electrons. The molecule has 0 fully saturated rings. The molecule has 0 aliphatic rings. The zero-order valence-corrected chi connectivity index (χ0v) is 8.25. The first-order chi connectivity index (χ1) is 5.91. The number of rotatable bonds is 2. The Bertz CT molecular complexity index is 402. The van der Waals surface area contributed by atoms with Crippen molar-refractivity contribution in [2.45, 2.75) is 12.2 Å². The second kappa shape index (κ2) is 3.29. The van der Waals surface area contributed by atoms with Crippen LogP contribution in [-0.4, -0.2) is 24.6 Å². The van der Waals surface area contributed by atoms with E-state index in [9.17, 15) is 8.42 Å². The predicted molar refractivity (Wildman–Crippen MR) is 49.7 cm³/mol. The molecule has 0 aliphatic heterocycles. The van der Waals surface area contributed by atoms with Crippen LogP contribution in [0.25, 0.3) is 0 Å². The van der Waals surface area contributed by atoms with E-state index in [-0.39, 0.29) is 11.6 Å². The minimum Gasteiger partial charge on any atom is -0.384 e. The summed E-state index contributed by atoms with van der Waals surface area (Å²) >= 11 is 0. The van der Waals surface area contributed by atoms with E-state index in [0.717, 1.165) is 6.26 Å². The third kappa shape index (κ3) is 2.38. The monoisotopic (exact) mass is 201 g/mol. The summed E-state index contributed by atoms with van der Waals surface area (Å²) < 4.78 is 22.2. The van der Waals surface area contributed by atoms with E-state index in [1.54, 1.807) is 0 Å². The Hall–Kier alpha value is -1.17. The summed E-state index contributed by atoms with van der Waals surface area (Å²) in [4.78, 5) is 7.66. The highest BCUT2D eigenvalue weighted by molar-refractivity contribution is 7.90. The van der Waals surface area contributed by atoms with Crippen LogP contribution in [0.5, 0.6) is 0 Å². The average molecular weight is 201 g/mol. The summed E-state index contributed by atoms with van der Waals surface area (Å²) in [5.41, 5.74) is 5.39. The second-order valence-electron chi connectivity index (χ2n) is 2.81. The fourth-order valence-electron chi connectivity index (χ4n) is 0.776. The van der Waals surface area contributed by atoms with Crippen molar-refractivity contribution in [1.29, 1.82) is 0 Å². The molecule has 0 saturated heterocycles. The first-order valence-electron chi connectivity index (χ1n) is 3.68. The van der Waals surface area contributed by atoms with Gasteiger partial charge in [0.1, 0.15) is 16.9 Å². The van der Waals surface area contributed by atoms with Crippen molar-refractivity contribution in [3.63, 3.8) is 0 Å². The zero-order chi connectivity index (χ0) is 10.1. The van der Waals surface area contributed by atoms with Gasteiger partial charge in [0.25, 0.3) is 0 Å². The maximum atomic E-state index is 11.1. The SMILES string of the molecule is CC(c1nccc(N)n1)S(C)(=O)=O. The summed E-state index contributed by atoms with van der Waals surface area (Å²) in [5, 5.41) is -0.712. The summed E-state index contributed by atoms with van der Waals surface area (Å²) in [6.45, 7) is 1.53. The lowest BCUT2D eigenvalue weighted by atomic mass is 10.4. The Kier molecular flexibility index (Phi) is 2.51. The van der Waals surface area contributed by atoms with Crippen LogP contribution < -0.4 is 5.73 Å². The first-order valence-corrected chi connectivity index (χ1v) is 5.64. The molecule has 1 aromatic heterocycles. The standard InChI is InChI=1S/C7H11N3O2S/c1-5(13(2,11)12)7-9-4-3-6(8)10-7/h3-5H,1-2H3,(H2,8,9,10). The molecule has 1 heterocycles. The van der Waals surface area contributed by atoms with Gasteiger partial charge in [-0.25, -0.2) is 18.4 Å². The molecule has 0 radical (unpaired) electrons. The highest BCUT2D eigenvalue weighted by atomic mass is 32.2. The topological polar surface area (TPSA) is 85.9 Å². The van der Waals surface area contributed by atoms with Gasteiger partial charge in [0.15, 0.2) is 9.84 Å². The van der Waals surface area contributed by atoms with Gasteiger partial charge in [0, 0.05) is 12.5 Å². The molecule has 0 spiro atoms. The number of nitrogens with two attached hydrogens (primary N) is 1. The summed E-state index contributed by atoms with van der Waals surface area (Å²) in [7, 11) is -3.15. The van der Waals surface area contributed by atoms with Crippen molar-refractivity contribution in [1.82, 2.24) is 9.97 Å². The van der Waals surface area contributed by atoms with E-state index in [2.05, 4.69) is 9.97 Å². The molecule has 1 atom stereocenters. The molecule has 1 unspecified atom stereocenters. The molecule has 5 nitrogen and oxygen atoms in total. The normalized spacial score (nSPS) is 14.0. The highest BCUT2D eigenvalue weighted by Gasteiger charge is 2.19. The Morgan fingerprint density at radius 2 is 2.15 bits per heavy atom. The van der Waals surface area contributed by atoms with Crippen molar-refractivity contribution in [3.05, 3.63) is 18.1 Å². The lowest BCUT2D eigenvalue weighted by Crippen LogP contribution is -2.11. The van der Waals surface area contributed by atoms with Crippen LogP contribution in [0.1, 0.15) is 18.0 Å². The molecular weight excluding hydrogens is 190 g/mol. The number of hydrogen-bond donors (Lipinski definition) is 1. The van der Waals surface area contributed by atoms with Crippen LogP contribution in [0.15, 0.2) is 12.3 Å². The quantitative estimate of drug-likeness (QED) is 0.736. The zero-order valence-electron chi connectivity index (χ0n) is 7.43. The number of sulfone groups is 1. The van der Waals surface area contributed by atoms with Gasteiger partial charge in [0.05, 0.1) is 0 Å². The number of aromatic nitrogens is 2. The van der Waals surface area contributed by atoms with E-state index >= 15 is 0 Å². The molecule has 0 bridgehead atoms. The van der Waals surface area contributed by atoms with Gasteiger partial charge in [-0.15, -0.1) is 0 Å². The lowest BCUT2D eigenvalue weighted by Gasteiger charge is -2.07. The number of nitrogen functional groups attached to an aromatic ring is 1. The second-order valence-corrected chi connectivity index (χ2v) is 5.18. The highest BCUT2D eigenvalue weighted by Crippen LogP contribution is 2.16. The number of nitrogens with zero attached hydrogens (tertiary/aromatic N) is 2. The lowest BCUT2D eigenvalue weighted by molar-refractivity contribution is 0.589. The number of anilines is 1. The maximum absolute atomic E-state index is 11.1. The summed E-state index contributed by atoms with van der Waals surface area (Å²) in [6, 6.07) is 1.51. The molecule has 0 aliphatic carbocycles. The average Bonchev–Trinajstić information content (AvgIpc) is 2.01. The van der Waals surface area contributed by atoms with E-state index in [0.29, 0.717) is 0 Å². The Morgan fingerprint density at radius 3 is 2.62 bits per heavy atom. The predicted octanol–water partition coefficient (Wildman–Crippen LogP) is 0.164. The van der Waals surface area contributed by atoms with Crippen molar-refractivity contribution >= 4 is 15.7 Å². The van der Waals surface area contributed by atoms with Crippen LogP contribution in [0.4, 0.5) is 5.82 Å². The van der Waals surface area contributed by atoms with Crippen molar-refractivity contribution in [2.75, 3.05) is 12.0 Å². The van der Waals surface area contributed by atoms with Gasteiger partial charge >= 0.3 is 0 Å². The molecule has 2 N–H and O–H groups in total. The van der Waals surface area contributed by atoms with Crippen molar-refractivity contribution in [2.24, 2.45) is 0 Å². The maximum Gasteiger partial charge on any atom is 0.157 e. The van der Waals surface area contributed by atoms with E-state index in [1.807, 2.05) is 0 Å². The fraction of sp³-hybridized carbons (Fsp3) is 0.429. The van der Waals surface area contributed by atoms with Gasteiger partial charge < -0.3 is 5.73 Å². The van der Waals surface area contributed by atoms with Gasteiger partial charge in [-0.2, -0.15) is 0 Å². The van der Waals surface area contributed by atoms with Crippen LogP contribution in [-0.2, 0) is 9.84 Å². The molecule has 0 aromatic carbocycles. The smallest absolute Gasteiger partial charge is 0.157 e. The van der Waals surface area contributed by atoms with E-state index < -0.39 is 15.1 Å². The van der Waals surface area contributed by atoms with Crippen LogP contribution in [0.2, 0.25) is 0 Å². The van der Waals surface area contributed by atoms with E-state index in [1.165, 1.54) is 19.2 Å². The molecule has 6 heteroatoms. The van der Waals surface area contributed by atoms with Gasteiger partial charge in [-0.1, -0.05) is 0 Å². The molecular formula is C7H11N3O2S. The molecule has 0 saturated carbocycles. The van der Waals surface area contributed by atoms with Crippen LogP contribution in [0, 0.1) is 0 Å². The fourth-order valence-corrected chi connectivity index (χ4v) is 1.27.